The van der Waals surface area contributed by atoms with Crippen LogP contribution in [0.25, 0.3) is 0 Å². The molecule has 0 atom stereocenters. The summed E-state index contributed by atoms with van der Waals surface area (Å²) in [4.78, 5) is 8.97. The molecule has 3 rings (SSSR count). The Morgan fingerprint density at radius 1 is 1.00 bits per heavy atom. The van der Waals surface area contributed by atoms with Crippen LogP contribution >= 0.6 is 11.6 Å². The zero-order chi connectivity index (χ0) is 19.2. The summed E-state index contributed by atoms with van der Waals surface area (Å²) in [5.74, 6) is 2.51. The molecule has 2 N–H and O–H groups in total. The number of hydrogen-bond acceptors (Lipinski definition) is 6. The van der Waals surface area contributed by atoms with Crippen LogP contribution in [-0.2, 0) is 0 Å². The van der Waals surface area contributed by atoms with Crippen molar-refractivity contribution in [1.29, 1.82) is 0 Å². The molecule has 0 aliphatic carbocycles. The Morgan fingerprint density at radius 3 is 2.56 bits per heavy atom. The summed E-state index contributed by atoms with van der Waals surface area (Å²) in [6, 6.07) is 15.0. The standard InChI is InChI=1S/C20H21ClN4O2/c1-4-27-18-8-6-5-7-16(18)24-19-11-13(2)22-20(25-19)23-14-9-10-17(26-3)15(21)12-14/h5-12H,4H2,1-3H3,(H2,22,23,24,25). The lowest BCUT2D eigenvalue weighted by Gasteiger charge is -2.13. The van der Waals surface area contributed by atoms with Gasteiger partial charge in [0, 0.05) is 17.4 Å². The first kappa shape index (κ1) is 18.8. The third-order valence-corrected chi connectivity index (χ3v) is 4.01. The number of nitrogens with one attached hydrogen (secondary N) is 2. The molecule has 0 saturated carbocycles. The van der Waals surface area contributed by atoms with E-state index in [2.05, 4.69) is 20.6 Å². The van der Waals surface area contributed by atoms with Crippen LogP contribution in [-0.4, -0.2) is 23.7 Å². The van der Waals surface area contributed by atoms with Gasteiger partial charge in [-0.05, 0) is 44.2 Å². The van der Waals surface area contributed by atoms with Gasteiger partial charge in [0.15, 0.2) is 0 Å². The molecular weight excluding hydrogens is 364 g/mol. The first-order valence-electron chi connectivity index (χ1n) is 8.54. The van der Waals surface area contributed by atoms with Crippen molar-refractivity contribution in [3.63, 3.8) is 0 Å². The average Bonchev–Trinajstić information content (AvgIpc) is 2.63. The first-order chi connectivity index (χ1) is 13.1. The summed E-state index contributed by atoms with van der Waals surface area (Å²) < 4.78 is 10.8. The molecule has 1 aromatic heterocycles. The topological polar surface area (TPSA) is 68.3 Å². The van der Waals surface area contributed by atoms with E-state index in [1.165, 1.54) is 0 Å². The number of benzene rings is 2. The number of aryl methyl sites for hydroxylation is 1. The summed E-state index contributed by atoms with van der Waals surface area (Å²) in [6.07, 6.45) is 0. The van der Waals surface area contributed by atoms with Gasteiger partial charge in [0.25, 0.3) is 0 Å². The fourth-order valence-corrected chi connectivity index (χ4v) is 2.81. The zero-order valence-electron chi connectivity index (χ0n) is 15.4. The van der Waals surface area contributed by atoms with Crippen LogP contribution in [0.3, 0.4) is 0 Å². The summed E-state index contributed by atoms with van der Waals surface area (Å²) in [6.45, 7) is 4.45. The van der Waals surface area contributed by atoms with Gasteiger partial charge in [-0.3, -0.25) is 0 Å². The molecule has 0 radical (unpaired) electrons. The van der Waals surface area contributed by atoms with E-state index >= 15 is 0 Å². The summed E-state index contributed by atoms with van der Waals surface area (Å²) in [7, 11) is 1.58. The molecule has 0 fully saturated rings. The van der Waals surface area contributed by atoms with Crippen molar-refractivity contribution in [3.05, 3.63) is 59.2 Å². The van der Waals surface area contributed by atoms with Crippen molar-refractivity contribution < 1.29 is 9.47 Å². The van der Waals surface area contributed by atoms with E-state index in [0.717, 1.165) is 22.8 Å². The molecule has 2 aromatic carbocycles. The third-order valence-electron chi connectivity index (χ3n) is 3.71. The largest absolute Gasteiger partial charge is 0.495 e. The van der Waals surface area contributed by atoms with Crippen molar-refractivity contribution in [2.75, 3.05) is 24.4 Å². The van der Waals surface area contributed by atoms with Crippen LogP contribution < -0.4 is 20.1 Å². The highest BCUT2D eigenvalue weighted by molar-refractivity contribution is 6.32. The van der Waals surface area contributed by atoms with Crippen molar-refractivity contribution >= 4 is 34.7 Å². The van der Waals surface area contributed by atoms with Gasteiger partial charge in [-0.1, -0.05) is 23.7 Å². The van der Waals surface area contributed by atoms with Gasteiger partial charge >= 0.3 is 0 Å². The Labute approximate surface area is 163 Å². The normalized spacial score (nSPS) is 10.4. The molecular formula is C20H21ClN4O2. The minimum atomic E-state index is 0.465. The Balaban J connectivity index is 1.83. The molecule has 0 bridgehead atoms. The molecule has 0 aliphatic rings. The monoisotopic (exact) mass is 384 g/mol. The molecule has 0 spiro atoms. The van der Waals surface area contributed by atoms with Gasteiger partial charge in [-0.15, -0.1) is 0 Å². The minimum absolute atomic E-state index is 0.465. The lowest BCUT2D eigenvalue weighted by Crippen LogP contribution is -2.03. The molecule has 6 nitrogen and oxygen atoms in total. The number of halogens is 1. The predicted octanol–water partition coefficient (Wildman–Crippen LogP) is 5.33. The van der Waals surface area contributed by atoms with Crippen LogP contribution in [0.5, 0.6) is 11.5 Å². The highest BCUT2D eigenvalue weighted by Gasteiger charge is 2.08. The molecule has 140 valence electrons. The zero-order valence-corrected chi connectivity index (χ0v) is 16.2. The van der Waals surface area contributed by atoms with Crippen LogP contribution in [0, 0.1) is 6.92 Å². The van der Waals surface area contributed by atoms with Crippen LogP contribution in [0.4, 0.5) is 23.1 Å². The average molecular weight is 385 g/mol. The number of ether oxygens (including phenoxy) is 2. The molecule has 0 amide bonds. The smallest absolute Gasteiger partial charge is 0.229 e. The Hall–Kier alpha value is -2.99. The number of aromatic nitrogens is 2. The molecule has 0 saturated heterocycles. The van der Waals surface area contributed by atoms with Gasteiger partial charge in [0.1, 0.15) is 17.3 Å². The van der Waals surface area contributed by atoms with Crippen LogP contribution in [0.15, 0.2) is 48.5 Å². The second-order valence-corrected chi connectivity index (χ2v) is 6.15. The van der Waals surface area contributed by atoms with Crippen molar-refractivity contribution in [3.8, 4) is 11.5 Å². The van der Waals surface area contributed by atoms with Crippen molar-refractivity contribution in [1.82, 2.24) is 9.97 Å². The van der Waals surface area contributed by atoms with Gasteiger partial charge in [0.05, 0.1) is 24.4 Å². The van der Waals surface area contributed by atoms with Gasteiger partial charge in [0.2, 0.25) is 5.95 Å². The highest BCUT2D eigenvalue weighted by atomic mass is 35.5. The summed E-state index contributed by atoms with van der Waals surface area (Å²) in [5.41, 5.74) is 2.44. The molecule has 3 aromatic rings. The fourth-order valence-electron chi connectivity index (χ4n) is 2.55. The SMILES string of the molecule is CCOc1ccccc1Nc1cc(C)nc(Nc2ccc(OC)c(Cl)c2)n1. The highest BCUT2D eigenvalue weighted by Crippen LogP contribution is 2.30. The summed E-state index contributed by atoms with van der Waals surface area (Å²) in [5, 5.41) is 6.97. The van der Waals surface area contributed by atoms with Crippen molar-refractivity contribution in [2.45, 2.75) is 13.8 Å². The second-order valence-electron chi connectivity index (χ2n) is 5.75. The van der Waals surface area contributed by atoms with Crippen LogP contribution in [0.2, 0.25) is 5.02 Å². The van der Waals surface area contributed by atoms with E-state index in [0.29, 0.717) is 29.1 Å². The number of rotatable bonds is 7. The molecule has 0 aliphatic heterocycles. The lowest BCUT2D eigenvalue weighted by atomic mass is 10.3. The van der Waals surface area contributed by atoms with E-state index < -0.39 is 0 Å². The van der Waals surface area contributed by atoms with E-state index in [4.69, 9.17) is 21.1 Å². The maximum absolute atomic E-state index is 6.18. The maximum atomic E-state index is 6.18. The Morgan fingerprint density at radius 2 is 1.81 bits per heavy atom. The molecule has 0 unspecified atom stereocenters. The number of para-hydroxylation sites is 2. The van der Waals surface area contributed by atoms with E-state index in [9.17, 15) is 0 Å². The molecule has 7 heteroatoms. The lowest BCUT2D eigenvalue weighted by molar-refractivity contribution is 0.342. The number of nitrogens with zero attached hydrogens (tertiary/aromatic N) is 2. The Bertz CT molecular complexity index is 934. The number of hydrogen-bond donors (Lipinski definition) is 2. The third kappa shape index (κ3) is 4.80. The summed E-state index contributed by atoms with van der Waals surface area (Å²) >= 11 is 6.18. The van der Waals surface area contributed by atoms with Gasteiger partial charge in [-0.25, -0.2) is 4.98 Å². The van der Waals surface area contributed by atoms with Gasteiger partial charge < -0.3 is 20.1 Å². The fraction of sp³-hybridized carbons (Fsp3) is 0.200. The second kappa shape index (κ2) is 8.60. The predicted molar refractivity (Wildman–Crippen MR) is 109 cm³/mol. The maximum Gasteiger partial charge on any atom is 0.229 e. The number of methoxy groups -OCH3 is 1. The van der Waals surface area contributed by atoms with Gasteiger partial charge in [-0.2, -0.15) is 4.98 Å². The van der Waals surface area contributed by atoms with Crippen molar-refractivity contribution in [2.24, 2.45) is 0 Å². The molecule has 1 heterocycles. The van der Waals surface area contributed by atoms with Crippen LogP contribution in [0.1, 0.15) is 12.6 Å². The first-order valence-corrected chi connectivity index (χ1v) is 8.92. The van der Waals surface area contributed by atoms with E-state index in [-0.39, 0.29) is 0 Å². The quantitative estimate of drug-likeness (QED) is 0.573. The van der Waals surface area contributed by atoms with E-state index in [1.54, 1.807) is 19.2 Å². The Kier molecular flexibility index (Phi) is 5.98. The van der Waals surface area contributed by atoms with E-state index in [1.807, 2.05) is 50.2 Å². The number of anilines is 4. The minimum Gasteiger partial charge on any atom is -0.495 e. The molecule has 27 heavy (non-hydrogen) atoms.